The van der Waals surface area contributed by atoms with Gasteiger partial charge in [-0.1, -0.05) is 19.9 Å². The van der Waals surface area contributed by atoms with E-state index in [1.807, 2.05) is 20.8 Å². The molecular weight excluding hydrogens is 182 g/mol. The molecule has 0 rings (SSSR count). The molecule has 0 radical (unpaired) electrons. The Hall–Kier alpha value is -0.440. The molecular formula is C10H19NOS. The van der Waals surface area contributed by atoms with Crippen molar-refractivity contribution < 1.29 is 4.79 Å². The molecule has 0 aromatic carbocycles. The molecule has 0 heterocycles. The molecule has 0 aliphatic carbocycles. The van der Waals surface area contributed by atoms with Gasteiger partial charge < -0.3 is 5.32 Å². The van der Waals surface area contributed by atoms with Crippen LogP contribution in [0.15, 0.2) is 12.7 Å². The van der Waals surface area contributed by atoms with E-state index in [9.17, 15) is 4.79 Å². The maximum atomic E-state index is 11.4. The van der Waals surface area contributed by atoms with Crippen molar-refractivity contribution in [3.63, 3.8) is 0 Å². The van der Waals surface area contributed by atoms with Crippen molar-refractivity contribution in [1.29, 1.82) is 0 Å². The van der Waals surface area contributed by atoms with Crippen LogP contribution in [0.5, 0.6) is 0 Å². The third kappa shape index (κ3) is 4.98. The first kappa shape index (κ1) is 12.6. The number of nitrogens with one attached hydrogen (secondary N) is 1. The summed E-state index contributed by atoms with van der Waals surface area (Å²) in [6, 6.07) is 0.151. The van der Waals surface area contributed by atoms with Crippen LogP contribution in [-0.4, -0.2) is 17.2 Å². The molecule has 0 aliphatic heterocycles. The standard InChI is InChI=1S/C10H19NOS/c1-5-6-8(4)11-10(12)9(13)7(2)3/h5,7-9,13H,1,6H2,2-4H3,(H,11,12). The highest BCUT2D eigenvalue weighted by Crippen LogP contribution is 2.09. The molecule has 0 aromatic rings. The van der Waals surface area contributed by atoms with Crippen molar-refractivity contribution in [2.24, 2.45) is 5.92 Å². The summed E-state index contributed by atoms with van der Waals surface area (Å²) >= 11 is 4.22. The van der Waals surface area contributed by atoms with Gasteiger partial charge in [-0.25, -0.2) is 0 Å². The van der Waals surface area contributed by atoms with Crippen molar-refractivity contribution in [3.05, 3.63) is 12.7 Å². The second-order valence-electron chi connectivity index (χ2n) is 3.62. The Balaban J connectivity index is 3.92. The first-order valence-corrected chi connectivity index (χ1v) is 5.10. The lowest BCUT2D eigenvalue weighted by Gasteiger charge is -2.18. The average molecular weight is 201 g/mol. The van der Waals surface area contributed by atoms with Gasteiger partial charge in [-0.3, -0.25) is 4.79 Å². The Labute approximate surface area is 86.2 Å². The summed E-state index contributed by atoms with van der Waals surface area (Å²) in [4.78, 5) is 11.4. The predicted octanol–water partition coefficient (Wildman–Crippen LogP) is 2.02. The van der Waals surface area contributed by atoms with E-state index in [-0.39, 0.29) is 23.1 Å². The summed E-state index contributed by atoms with van der Waals surface area (Å²) in [5.74, 6) is 0.270. The molecule has 0 aromatic heterocycles. The molecule has 0 saturated heterocycles. The van der Waals surface area contributed by atoms with Gasteiger partial charge in [0.1, 0.15) is 0 Å². The Morgan fingerprint density at radius 3 is 2.46 bits per heavy atom. The maximum Gasteiger partial charge on any atom is 0.233 e. The van der Waals surface area contributed by atoms with Crippen molar-refractivity contribution in [1.82, 2.24) is 5.32 Å². The highest BCUT2D eigenvalue weighted by molar-refractivity contribution is 7.81. The first-order chi connectivity index (χ1) is 5.99. The SMILES string of the molecule is C=CCC(C)NC(=O)C(S)C(C)C. The first-order valence-electron chi connectivity index (χ1n) is 4.58. The van der Waals surface area contributed by atoms with E-state index in [1.54, 1.807) is 6.08 Å². The van der Waals surface area contributed by atoms with E-state index in [0.29, 0.717) is 0 Å². The Bertz CT molecular complexity index is 180. The molecule has 0 fully saturated rings. The zero-order valence-electron chi connectivity index (χ0n) is 8.58. The molecule has 3 heteroatoms. The fraction of sp³-hybridized carbons (Fsp3) is 0.700. The van der Waals surface area contributed by atoms with Crippen LogP contribution in [-0.2, 0) is 4.79 Å². The van der Waals surface area contributed by atoms with Crippen LogP contribution in [0.1, 0.15) is 27.2 Å². The monoisotopic (exact) mass is 201 g/mol. The lowest BCUT2D eigenvalue weighted by atomic mass is 10.1. The molecule has 1 amide bonds. The minimum Gasteiger partial charge on any atom is -0.352 e. The fourth-order valence-electron chi connectivity index (χ4n) is 0.940. The second-order valence-corrected chi connectivity index (χ2v) is 4.18. The van der Waals surface area contributed by atoms with Crippen LogP contribution in [0, 0.1) is 5.92 Å². The average Bonchev–Trinajstić information content (AvgIpc) is 2.03. The van der Waals surface area contributed by atoms with E-state index in [0.717, 1.165) is 6.42 Å². The topological polar surface area (TPSA) is 29.1 Å². The van der Waals surface area contributed by atoms with Gasteiger partial charge in [-0.05, 0) is 19.3 Å². The maximum absolute atomic E-state index is 11.4. The molecule has 2 atom stereocenters. The smallest absolute Gasteiger partial charge is 0.233 e. The quantitative estimate of drug-likeness (QED) is 0.517. The predicted molar refractivity (Wildman–Crippen MR) is 60.0 cm³/mol. The Kier molecular flexibility index (Phi) is 5.88. The van der Waals surface area contributed by atoms with E-state index in [1.165, 1.54) is 0 Å². The number of carbonyl (C=O) groups excluding carboxylic acids is 1. The van der Waals surface area contributed by atoms with Crippen LogP contribution in [0.4, 0.5) is 0 Å². The normalized spacial score (nSPS) is 15.2. The zero-order chi connectivity index (χ0) is 10.4. The summed E-state index contributed by atoms with van der Waals surface area (Å²) in [5.41, 5.74) is 0. The highest BCUT2D eigenvalue weighted by atomic mass is 32.1. The third-order valence-electron chi connectivity index (χ3n) is 1.81. The Morgan fingerprint density at radius 1 is 1.54 bits per heavy atom. The van der Waals surface area contributed by atoms with Crippen molar-refractivity contribution in [2.75, 3.05) is 0 Å². The van der Waals surface area contributed by atoms with Crippen molar-refractivity contribution >= 4 is 18.5 Å². The third-order valence-corrected chi connectivity index (χ3v) is 2.64. The van der Waals surface area contributed by atoms with Crippen molar-refractivity contribution in [2.45, 2.75) is 38.5 Å². The molecule has 0 saturated carbocycles. The summed E-state index contributed by atoms with van der Waals surface area (Å²) in [7, 11) is 0. The van der Waals surface area contributed by atoms with Crippen LogP contribution in [0.2, 0.25) is 0 Å². The van der Waals surface area contributed by atoms with E-state index in [4.69, 9.17) is 0 Å². The van der Waals surface area contributed by atoms with Gasteiger partial charge in [0.25, 0.3) is 0 Å². The highest BCUT2D eigenvalue weighted by Gasteiger charge is 2.18. The van der Waals surface area contributed by atoms with E-state index < -0.39 is 0 Å². The van der Waals surface area contributed by atoms with Gasteiger partial charge in [0.15, 0.2) is 0 Å². The van der Waals surface area contributed by atoms with Gasteiger partial charge >= 0.3 is 0 Å². The number of carbonyl (C=O) groups is 1. The number of hydrogen-bond donors (Lipinski definition) is 2. The lowest BCUT2D eigenvalue weighted by Crippen LogP contribution is -2.39. The van der Waals surface area contributed by atoms with Gasteiger partial charge in [0, 0.05) is 6.04 Å². The molecule has 0 aliphatic rings. The van der Waals surface area contributed by atoms with E-state index in [2.05, 4.69) is 24.5 Å². The van der Waals surface area contributed by atoms with Gasteiger partial charge in [-0.15, -0.1) is 6.58 Å². The fourth-order valence-corrected chi connectivity index (χ4v) is 1.01. The van der Waals surface area contributed by atoms with Crippen molar-refractivity contribution in [3.8, 4) is 0 Å². The van der Waals surface area contributed by atoms with Crippen LogP contribution in [0.25, 0.3) is 0 Å². The number of amides is 1. The molecule has 2 unspecified atom stereocenters. The number of hydrogen-bond acceptors (Lipinski definition) is 2. The van der Waals surface area contributed by atoms with Gasteiger partial charge in [0.05, 0.1) is 5.25 Å². The molecule has 1 N–H and O–H groups in total. The minimum absolute atomic E-state index is 0.00711. The number of thiol groups is 1. The van der Waals surface area contributed by atoms with E-state index >= 15 is 0 Å². The summed E-state index contributed by atoms with van der Waals surface area (Å²) in [5, 5.41) is 2.66. The lowest BCUT2D eigenvalue weighted by molar-refractivity contribution is -0.121. The largest absolute Gasteiger partial charge is 0.352 e. The summed E-state index contributed by atoms with van der Waals surface area (Å²) in [6.07, 6.45) is 2.60. The summed E-state index contributed by atoms with van der Waals surface area (Å²) < 4.78 is 0. The molecule has 13 heavy (non-hydrogen) atoms. The second kappa shape index (κ2) is 6.08. The van der Waals surface area contributed by atoms with Crippen LogP contribution >= 0.6 is 12.6 Å². The van der Waals surface area contributed by atoms with Crippen LogP contribution < -0.4 is 5.32 Å². The Morgan fingerprint density at radius 2 is 2.08 bits per heavy atom. The molecule has 0 spiro atoms. The summed E-state index contributed by atoms with van der Waals surface area (Å²) in [6.45, 7) is 9.54. The van der Waals surface area contributed by atoms with Gasteiger partial charge in [0.2, 0.25) is 5.91 Å². The molecule has 76 valence electrons. The minimum atomic E-state index is -0.215. The van der Waals surface area contributed by atoms with Gasteiger partial charge in [-0.2, -0.15) is 12.6 Å². The van der Waals surface area contributed by atoms with Crippen LogP contribution in [0.3, 0.4) is 0 Å². The number of rotatable bonds is 5. The molecule has 0 bridgehead atoms. The zero-order valence-corrected chi connectivity index (χ0v) is 9.47. The molecule has 2 nitrogen and oxygen atoms in total.